The molecule has 0 aromatic heterocycles. The summed E-state index contributed by atoms with van der Waals surface area (Å²) in [5.74, 6) is -0.497. The maximum atomic E-state index is 12.0. The molecular weight excluding hydrogens is 272 g/mol. The number of morpholine rings is 1. The Kier molecular flexibility index (Phi) is 6.70. The monoisotopic (exact) mass is 294 g/mol. The quantitative estimate of drug-likeness (QED) is 0.623. The molecule has 1 aliphatic heterocycles. The van der Waals surface area contributed by atoms with Crippen LogP contribution in [0.15, 0.2) is 0 Å². The standard InChI is InChI=1S/C11H22N2O5S/c1-10(2-6-14)12-11(15)3-9-19(16,17)13-4-7-18-8-5-13/h10,14H,2-9H2,1H3,(H,12,15). The molecule has 1 saturated heterocycles. The average Bonchev–Trinajstić information content (AvgIpc) is 2.38. The Morgan fingerprint density at radius 2 is 2.05 bits per heavy atom. The Morgan fingerprint density at radius 3 is 2.63 bits per heavy atom. The van der Waals surface area contributed by atoms with Crippen molar-refractivity contribution in [3.63, 3.8) is 0 Å². The van der Waals surface area contributed by atoms with E-state index >= 15 is 0 Å². The highest BCUT2D eigenvalue weighted by Crippen LogP contribution is 2.07. The number of hydrogen-bond donors (Lipinski definition) is 2. The van der Waals surface area contributed by atoms with Gasteiger partial charge in [-0.3, -0.25) is 4.79 Å². The largest absolute Gasteiger partial charge is 0.396 e. The molecule has 0 saturated carbocycles. The van der Waals surface area contributed by atoms with Crippen LogP contribution in [0, 0.1) is 0 Å². The predicted octanol–water partition coefficient (Wildman–Crippen LogP) is -1.07. The van der Waals surface area contributed by atoms with Gasteiger partial charge in [-0.05, 0) is 13.3 Å². The highest BCUT2D eigenvalue weighted by atomic mass is 32.2. The van der Waals surface area contributed by atoms with Gasteiger partial charge in [-0.25, -0.2) is 8.42 Å². The molecule has 112 valence electrons. The number of amides is 1. The summed E-state index contributed by atoms with van der Waals surface area (Å²) in [7, 11) is -3.38. The second kappa shape index (κ2) is 7.78. The fraction of sp³-hybridized carbons (Fsp3) is 0.909. The Morgan fingerprint density at radius 1 is 1.42 bits per heavy atom. The number of aliphatic hydroxyl groups excluding tert-OH is 1. The minimum Gasteiger partial charge on any atom is -0.396 e. The van der Waals surface area contributed by atoms with E-state index in [1.54, 1.807) is 6.92 Å². The van der Waals surface area contributed by atoms with Crippen molar-refractivity contribution in [2.24, 2.45) is 0 Å². The van der Waals surface area contributed by atoms with Gasteiger partial charge in [-0.2, -0.15) is 4.31 Å². The van der Waals surface area contributed by atoms with E-state index in [0.29, 0.717) is 32.7 Å². The molecule has 1 atom stereocenters. The molecule has 0 bridgehead atoms. The molecule has 1 unspecified atom stereocenters. The summed E-state index contributed by atoms with van der Waals surface area (Å²) in [4.78, 5) is 11.6. The number of sulfonamides is 1. The Labute approximate surface area is 114 Å². The second-order valence-electron chi connectivity index (χ2n) is 4.56. The normalized spacial score (nSPS) is 19.1. The first-order valence-electron chi connectivity index (χ1n) is 6.41. The third kappa shape index (κ3) is 5.85. The molecule has 0 radical (unpaired) electrons. The minimum absolute atomic E-state index is 0.00643. The van der Waals surface area contributed by atoms with Gasteiger partial charge < -0.3 is 15.2 Å². The number of aliphatic hydroxyl groups is 1. The third-order valence-electron chi connectivity index (χ3n) is 2.92. The fourth-order valence-electron chi connectivity index (χ4n) is 1.79. The molecule has 8 heteroatoms. The summed E-state index contributed by atoms with van der Waals surface area (Å²) in [6.07, 6.45) is 0.400. The maximum absolute atomic E-state index is 12.0. The zero-order chi connectivity index (χ0) is 14.3. The van der Waals surface area contributed by atoms with Crippen LogP contribution in [-0.2, 0) is 19.6 Å². The molecule has 1 fully saturated rings. The first kappa shape index (κ1) is 16.4. The number of ether oxygens (including phenoxy) is 1. The van der Waals surface area contributed by atoms with Crippen LogP contribution in [0.3, 0.4) is 0 Å². The lowest BCUT2D eigenvalue weighted by molar-refractivity contribution is -0.121. The van der Waals surface area contributed by atoms with Crippen LogP contribution in [0.5, 0.6) is 0 Å². The summed E-state index contributed by atoms with van der Waals surface area (Å²) < 4.78 is 30.4. The molecule has 1 heterocycles. The van der Waals surface area contributed by atoms with Crippen LogP contribution in [-0.4, -0.2) is 68.4 Å². The highest BCUT2D eigenvalue weighted by Gasteiger charge is 2.24. The highest BCUT2D eigenvalue weighted by molar-refractivity contribution is 7.89. The van der Waals surface area contributed by atoms with Crippen molar-refractivity contribution in [2.75, 3.05) is 38.7 Å². The van der Waals surface area contributed by atoms with Gasteiger partial charge in [0.2, 0.25) is 15.9 Å². The summed E-state index contributed by atoms with van der Waals surface area (Å²) in [6.45, 7) is 3.27. The molecule has 2 N–H and O–H groups in total. The number of rotatable bonds is 7. The Hall–Kier alpha value is -0.700. The Bertz CT molecular complexity index is 379. The molecular formula is C11H22N2O5S. The molecule has 19 heavy (non-hydrogen) atoms. The molecule has 0 aliphatic carbocycles. The molecule has 0 aromatic rings. The van der Waals surface area contributed by atoms with Crippen molar-refractivity contribution in [1.29, 1.82) is 0 Å². The minimum atomic E-state index is -3.38. The second-order valence-corrected chi connectivity index (χ2v) is 6.65. The lowest BCUT2D eigenvalue weighted by Crippen LogP contribution is -2.43. The van der Waals surface area contributed by atoms with E-state index in [4.69, 9.17) is 9.84 Å². The van der Waals surface area contributed by atoms with Crippen molar-refractivity contribution in [2.45, 2.75) is 25.8 Å². The van der Waals surface area contributed by atoms with E-state index < -0.39 is 10.0 Å². The number of carbonyl (C=O) groups is 1. The van der Waals surface area contributed by atoms with Crippen molar-refractivity contribution in [3.05, 3.63) is 0 Å². The van der Waals surface area contributed by atoms with Crippen LogP contribution in [0.1, 0.15) is 19.8 Å². The van der Waals surface area contributed by atoms with Gasteiger partial charge in [0.05, 0.1) is 19.0 Å². The number of nitrogens with one attached hydrogen (secondary N) is 1. The molecule has 1 aliphatic rings. The van der Waals surface area contributed by atoms with E-state index in [0.717, 1.165) is 0 Å². The van der Waals surface area contributed by atoms with E-state index in [1.807, 2.05) is 0 Å². The van der Waals surface area contributed by atoms with Gasteiger partial charge in [-0.15, -0.1) is 0 Å². The molecule has 7 nitrogen and oxygen atoms in total. The van der Waals surface area contributed by atoms with Gasteiger partial charge in [0.15, 0.2) is 0 Å². The molecule has 1 amide bonds. The average molecular weight is 294 g/mol. The summed E-state index contributed by atoms with van der Waals surface area (Å²) in [5.41, 5.74) is 0. The smallest absolute Gasteiger partial charge is 0.221 e. The third-order valence-corrected chi connectivity index (χ3v) is 4.79. The Balaban J connectivity index is 2.35. The zero-order valence-electron chi connectivity index (χ0n) is 11.2. The lowest BCUT2D eigenvalue weighted by Gasteiger charge is -2.26. The predicted molar refractivity (Wildman–Crippen MR) is 70.1 cm³/mol. The lowest BCUT2D eigenvalue weighted by atomic mass is 10.2. The van der Waals surface area contributed by atoms with Crippen LogP contribution in [0.2, 0.25) is 0 Å². The molecule has 0 aromatic carbocycles. The van der Waals surface area contributed by atoms with Gasteiger partial charge in [0.25, 0.3) is 0 Å². The van der Waals surface area contributed by atoms with E-state index in [9.17, 15) is 13.2 Å². The van der Waals surface area contributed by atoms with Crippen LogP contribution in [0.25, 0.3) is 0 Å². The van der Waals surface area contributed by atoms with Gasteiger partial charge in [-0.1, -0.05) is 0 Å². The van der Waals surface area contributed by atoms with Gasteiger partial charge in [0, 0.05) is 32.2 Å². The summed E-state index contributed by atoms with van der Waals surface area (Å²) >= 11 is 0. The number of nitrogens with zero attached hydrogens (tertiary/aromatic N) is 1. The van der Waals surface area contributed by atoms with E-state index in [-0.39, 0.29) is 30.7 Å². The molecule has 1 rings (SSSR count). The van der Waals surface area contributed by atoms with E-state index in [2.05, 4.69) is 5.32 Å². The zero-order valence-corrected chi connectivity index (χ0v) is 12.0. The number of carbonyl (C=O) groups excluding carboxylic acids is 1. The van der Waals surface area contributed by atoms with Crippen molar-refractivity contribution >= 4 is 15.9 Å². The maximum Gasteiger partial charge on any atom is 0.221 e. The summed E-state index contributed by atoms with van der Waals surface area (Å²) in [6, 6.07) is -0.149. The van der Waals surface area contributed by atoms with Crippen LogP contribution in [0.4, 0.5) is 0 Å². The first-order chi connectivity index (χ1) is 8.95. The SMILES string of the molecule is CC(CCO)NC(=O)CCS(=O)(=O)N1CCOCC1. The van der Waals surface area contributed by atoms with Crippen molar-refractivity contribution in [1.82, 2.24) is 9.62 Å². The van der Waals surface area contributed by atoms with Crippen molar-refractivity contribution in [3.8, 4) is 0 Å². The van der Waals surface area contributed by atoms with Crippen molar-refractivity contribution < 1.29 is 23.1 Å². The van der Waals surface area contributed by atoms with Crippen LogP contribution >= 0.6 is 0 Å². The van der Waals surface area contributed by atoms with Gasteiger partial charge >= 0.3 is 0 Å². The first-order valence-corrected chi connectivity index (χ1v) is 8.02. The van der Waals surface area contributed by atoms with Gasteiger partial charge in [0.1, 0.15) is 0 Å². The molecule has 0 spiro atoms. The topological polar surface area (TPSA) is 95.9 Å². The summed E-state index contributed by atoms with van der Waals surface area (Å²) in [5, 5.41) is 11.4. The van der Waals surface area contributed by atoms with E-state index in [1.165, 1.54) is 4.31 Å². The van der Waals surface area contributed by atoms with Crippen LogP contribution < -0.4 is 5.32 Å². The fourth-order valence-corrected chi connectivity index (χ4v) is 3.20. The number of hydrogen-bond acceptors (Lipinski definition) is 5.